The van der Waals surface area contributed by atoms with Crippen molar-refractivity contribution in [2.75, 3.05) is 6.54 Å². The first-order chi connectivity index (χ1) is 10.0. The minimum atomic E-state index is -0.199. The second kappa shape index (κ2) is 7.26. The van der Waals surface area contributed by atoms with Gasteiger partial charge in [-0.2, -0.15) is 0 Å². The normalized spacial score (nSPS) is 12.4. The molecule has 2 aromatic rings. The summed E-state index contributed by atoms with van der Waals surface area (Å²) in [5, 5.41) is 4.67. The van der Waals surface area contributed by atoms with Gasteiger partial charge in [0, 0.05) is 10.0 Å². The lowest BCUT2D eigenvalue weighted by atomic mass is 9.97. The third-order valence-corrected chi connectivity index (χ3v) is 3.95. The van der Waals surface area contributed by atoms with Gasteiger partial charge in [-0.05, 0) is 54.8 Å². The van der Waals surface area contributed by atoms with Crippen molar-refractivity contribution >= 4 is 23.2 Å². The predicted molar refractivity (Wildman–Crippen MR) is 87.7 cm³/mol. The van der Waals surface area contributed by atoms with Crippen molar-refractivity contribution in [2.24, 2.45) is 0 Å². The maximum absolute atomic E-state index is 13.5. The summed E-state index contributed by atoms with van der Waals surface area (Å²) in [6.07, 6.45) is 1.00. The van der Waals surface area contributed by atoms with Crippen molar-refractivity contribution in [3.05, 3.63) is 69.0 Å². The summed E-state index contributed by atoms with van der Waals surface area (Å²) in [6.45, 7) is 4.71. The van der Waals surface area contributed by atoms with E-state index >= 15 is 0 Å². The van der Waals surface area contributed by atoms with Gasteiger partial charge in [0.15, 0.2) is 0 Å². The summed E-state index contributed by atoms with van der Waals surface area (Å²) in [7, 11) is 0. The maximum atomic E-state index is 13.5. The minimum absolute atomic E-state index is 0.0750. The molecule has 0 bridgehead atoms. The van der Waals surface area contributed by atoms with Gasteiger partial charge in [0.1, 0.15) is 5.82 Å². The van der Waals surface area contributed by atoms with Crippen LogP contribution in [0.25, 0.3) is 0 Å². The molecule has 0 spiro atoms. The number of aryl methyl sites for hydroxylation is 1. The van der Waals surface area contributed by atoms with Crippen LogP contribution >= 0.6 is 23.2 Å². The highest BCUT2D eigenvalue weighted by Gasteiger charge is 2.17. The van der Waals surface area contributed by atoms with E-state index in [0.717, 1.165) is 24.1 Å². The molecule has 0 aliphatic rings. The molecule has 1 N–H and O–H groups in total. The van der Waals surface area contributed by atoms with E-state index in [1.807, 2.05) is 18.2 Å². The van der Waals surface area contributed by atoms with Gasteiger partial charge >= 0.3 is 0 Å². The molecular formula is C17H18Cl2FN. The van der Waals surface area contributed by atoms with Crippen LogP contribution < -0.4 is 5.32 Å². The molecule has 4 heteroatoms. The molecule has 0 heterocycles. The Bertz CT molecular complexity index is 628. The summed E-state index contributed by atoms with van der Waals surface area (Å²) in [4.78, 5) is 0. The van der Waals surface area contributed by atoms with Crippen LogP contribution in [0, 0.1) is 12.7 Å². The molecule has 0 fully saturated rings. The van der Waals surface area contributed by atoms with Crippen molar-refractivity contribution in [3.63, 3.8) is 0 Å². The van der Waals surface area contributed by atoms with E-state index < -0.39 is 0 Å². The second-order valence-corrected chi connectivity index (χ2v) is 5.91. The van der Waals surface area contributed by atoms with E-state index in [0.29, 0.717) is 15.6 Å². The van der Waals surface area contributed by atoms with Crippen LogP contribution in [-0.2, 0) is 0 Å². The zero-order valence-corrected chi connectivity index (χ0v) is 13.6. The standard InChI is InChI=1S/C17H18Cl2FN/c1-3-8-21-17(12-4-7-16(20)11(2)9-12)14-6-5-13(18)10-15(14)19/h4-7,9-10,17,21H,3,8H2,1-2H3. The molecule has 2 rings (SSSR count). The van der Waals surface area contributed by atoms with Gasteiger partial charge in [0.25, 0.3) is 0 Å². The first-order valence-electron chi connectivity index (χ1n) is 6.97. The predicted octanol–water partition coefficient (Wildman–Crippen LogP) is 5.53. The average Bonchev–Trinajstić information content (AvgIpc) is 2.44. The van der Waals surface area contributed by atoms with Gasteiger partial charge in [0.2, 0.25) is 0 Å². The zero-order chi connectivity index (χ0) is 15.4. The van der Waals surface area contributed by atoms with Crippen LogP contribution in [0.5, 0.6) is 0 Å². The Hall–Kier alpha value is -1.09. The summed E-state index contributed by atoms with van der Waals surface area (Å²) >= 11 is 12.3. The van der Waals surface area contributed by atoms with Gasteiger partial charge < -0.3 is 5.32 Å². The van der Waals surface area contributed by atoms with Crippen molar-refractivity contribution < 1.29 is 4.39 Å². The largest absolute Gasteiger partial charge is 0.306 e. The smallest absolute Gasteiger partial charge is 0.126 e. The van der Waals surface area contributed by atoms with Gasteiger partial charge in [-0.1, -0.05) is 48.3 Å². The van der Waals surface area contributed by atoms with E-state index in [1.165, 1.54) is 6.07 Å². The number of halogens is 3. The lowest BCUT2D eigenvalue weighted by Crippen LogP contribution is -2.23. The fraction of sp³-hybridized carbons (Fsp3) is 0.294. The average molecular weight is 326 g/mol. The summed E-state index contributed by atoms with van der Waals surface area (Å²) < 4.78 is 13.5. The molecule has 0 aliphatic heterocycles. The molecule has 0 aliphatic carbocycles. The van der Waals surface area contributed by atoms with Crippen LogP contribution in [0.2, 0.25) is 10.0 Å². The Labute approximate surface area is 135 Å². The Kier molecular flexibility index (Phi) is 5.63. The van der Waals surface area contributed by atoms with Crippen LogP contribution in [-0.4, -0.2) is 6.54 Å². The number of benzene rings is 2. The number of hydrogen-bond donors (Lipinski definition) is 1. The summed E-state index contributed by atoms with van der Waals surface area (Å²) in [5.74, 6) is -0.199. The highest BCUT2D eigenvalue weighted by atomic mass is 35.5. The third kappa shape index (κ3) is 3.97. The lowest BCUT2D eigenvalue weighted by molar-refractivity contribution is 0.590. The van der Waals surface area contributed by atoms with E-state index in [1.54, 1.807) is 19.1 Å². The fourth-order valence-electron chi connectivity index (χ4n) is 2.28. The monoisotopic (exact) mass is 325 g/mol. The van der Waals surface area contributed by atoms with Gasteiger partial charge in [-0.25, -0.2) is 4.39 Å². The van der Waals surface area contributed by atoms with Crippen molar-refractivity contribution in [1.29, 1.82) is 0 Å². The highest BCUT2D eigenvalue weighted by Crippen LogP contribution is 2.31. The van der Waals surface area contributed by atoms with Crippen LogP contribution in [0.4, 0.5) is 4.39 Å². The van der Waals surface area contributed by atoms with Crippen molar-refractivity contribution in [3.8, 4) is 0 Å². The Morgan fingerprint density at radius 2 is 1.90 bits per heavy atom. The Morgan fingerprint density at radius 3 is 2.52 bits per heavy atom. The molecule has 1 nitrogen and oxygen atoms in total. The number of rotatable bonds is 5. The fourth-order valence-corrected chi connectivity index (χ4v) is 2.80. The van der Waals surface area contributed by atoms with E-state index in [-0.39, 0.29) is 11.9 Å². The SMILES string of the molecule is CCCNC(c1ccc(F)c(C)c1)c1ccc(Cl)cc1Cl. The molecular weight excluding hydrogens is 308 g/mol. The molecule has 112 valence electrons. The number of hydrogen-bond acceptors (Lipinski definition) is 1. The highest BCUT2D eigenvalue weighted by molar-refractivity contribution is 6.35. The molecule has 2 aromatic carbocycles. The van der Waals surface area contributed by atoms with Gasteiger partial charge in [-0.3, -0.25) is 0 Å². The van der Waals surface area contributed by atoms with Crippen molar-refractivity contribution in [2.45, 2.75) is 26.3 Å². The van der Waals surface area contributed by atoms with E-state index in [9.17, 15) is 4.39 Å². The minimum Gasteiger partial charge on any atom is -0.306 e. The molecule has 21 heavy (non-hydrogen) atoms. The van der Waals surface area contributed by atoms with Crippen LogP contribution in [0.15, 0.2) is 36.4 Å². The Balaban J connectivity index is 2.44. The van der Waals surface area contributed by atoms with Crippen LogP contribution in [0.3, 0.4) is 0 Å². The molecule has 1 atom stereocenters. The molecule has 0 radical (unpaired) electrons. The first-order valence-corrected chi connectivity index (χ1v) is 7.73. The molecule has 0 amide bonds. The summed E-state index contributed by atoms with van der Waals surface area (Å²) in [5.41, 5.74) is 2.56. The molecule has 0 saturated heterocycles. The number of nitrogens with one attached hydrogen (secondary N) is 1. The summed E-state index contributed by atoms with van der Waals surface area (Å²) in [6, 6.07) is 10.5. The van der Waals surface area contributed by atoms with E-state index in [4.69, 9.17) is 23.2 Å². The van der Waals surface area contributed by atoms with Crippen LogP contribution in [0.1, 0.15) is 36.1 Å². The molecule has 1 unspecified atom stereocenters. The van der Waals surface area contributed by atoms with Crippen molar-refractivity contribution in [1.82, 2.24) is 5.32 Å². The van der Waals surface area contributed by atoms with E-state index in [2.05, 4.69) is 12.2 Å². The lowest BCUT2D eigenvalue weighted by Gasteiger charge is -2.21. The molecule has 0 saturated carbocycles. The topological polar surface area (TPSA) is 12.0 Å². The second-order valence-electron chi connectivity index (χ2n) is 5.06. The van der Waals surface area contributed by atoms with Gasteiger partial charge in [0.05, 0.1) is 6.04 Å². The zero-order valence-electron chi connectivity index (χ0n) is 12.1. The Morgan fingerprint density at radius 1 is 1.14 bits per heavy atom. The maximum Gasteiger partial charge on any atom is 0.126 e. The van der Waals surface area contributed by atoms with Gasteiger partial charge in [-0.15, -0.1) is 0 Å². The third-order valence-electron chi connectivity index (χ3n) is 3.39. The first kappa shape index (κ1) is 16.3. The quantitative estimate of drug-likeness (QED) is 0.762. The molecule has 0 aromatic heterocycles.